The van der Waals surface area contributed by atoms with Crippen LogP contribution in [-0.4, -0.2) is 23.9 Å². The van der Waals surface area contributed by atoms with E-state index in [1.165, 1.54) is 49.6 Å². The highest BCUT2D eigenvalue weighted by molar-refractivity contribution is 9.10. The number of ether oxygens (including phenoxy) is 1. The summed E-state index contributed by atoms with van der Waals surface area (Å²) >= 11 is 9.17. The van der Waals surface area contributed by atoms with Crippen molar-refractivity contribution >= 4 is 59.0 Å². The number of hydrogen-bond acceptors (Lipinski definition) is 5. The molecule has 0 atom stereocenters. The molecule has 4 aromatic carbocycles. The number of anilines is 2. The van der Waals surface area contributed by atoms with Gasteiger partial charge in [-0.25, -0.2) is 16.8 Å². The van der Waals surface area contributed by atoms with E-state index in [2.05, 4.69) is 25.4 Å². The number of rotatable bonds is 8. The van der Waals surface area contributed by atoms with Gasteiger partial charge in [-0.15, -0.1) is 0 Å². The lowest BCUT2D eigenvalue weighted by Crippen LogP contribution is -2.18. The van der Waals surface area contributed by atoms with Crippen molar-refractivity contribution < 1.29 is 21.6 Å². The molecule has 0 aliphatic rings. The fourth-order valence-electron chi connectivity index (χ4n) is 3.41. The molecule has 0 unspecified atom stereocenters. The molecular formula is C25H20BrClN2O5S2. The molecule has 0 saturated heterocycles. The zero-order chi connectivity index (χ0) is 25.9. The standard InChI is InChI=1S/C25H20BrClN2O5S2/c1-34-24-14-8-19(26)16-25(24)36(32,33)29-23-15-18(17-5-3-2-4-6-17)7-13-22(23)28-35(30,31)21-11-9-20(27)10-12-21/h2-16,28-29H,1H3. The molecular weight excluding hydrogens is 588 g/mol. The minimum Gasteiger partial charge on any atom is -0.495 e. The highest BCUT2D eigenvalue weighted by Gasteiger charge is 2.23. The van der Waals surface area contributed by atoms with Crippen LogP contribution < -0.4 is 14.2 Å². The average molecular weight is 608 g/mol. The highest BCUT2D eigenvalue weighted by Crippen LogP contribution is 2.34. The van der Waals surface area contributed by atoms with Crippen LogP contribution in [0.2, 0.25) is 5.02 Å². The molecule has 0 aromatic heterocycles. The highest BCUT2D eigenvalue weighted by atomic mass is 79.9. The maximum atomic E-state index is 13.4. The zero-order valence-electron chi connectivity index (χ0n) is 18.8. The Hall–Kier alpha value is -3.05. The van der Waals surface area contributed by atoms with Crippen LogP contribution in [0, 0.1) is 0 Å². The van der Waals surface area contributed by atoms with Gasteiger partial charge >= 0.3 is 0 Å². The van der Waals surface area contributed by atoms with E-state index < -0.39 is 20.0 Å². The molecule has 0 saturated carbocycles. The Kier molecular flexibility index (Phi) is 7.60. The summed E-state index contributed by atoms with van der Waals surface area (Å²) < 4.78 is 63.7. The third kappa shape index (κ3) is 5.84. The molecule has 0 spiro atoms. The smallest absolute Gasteiger partial charge is 0.265 e. The molecule has 0 fully saturated rings. The van der Waals surface area contributed by atoms with E-state index in [9.17, 15) is 16.8 Å². The number of nitrogens with one attached hydrogen (secondary N) is 2. The monoisotopic (exact) mass is 606 g/mol. The summed E-state index contributed by atoms with van der Waals surface area (Å²) in [5.74, 6) is 0.133. The topological polar surface area (TPSA) is 102 Å². The second-order valence-electron chi connectivity index (χ2n) is 7.59. The van der Waals surface area contributed by atoms with Crippen molar-refractivity contribution in [1.82, 2.24) is 0 Å². The first-order valence-corrected chi connectivity index (χ1v) is 14.6. The third-order valence-corrected chi connectivity index (χ3v) is 8.67. The van der Waals surface area contributed by atoms with Gasteiger partial charge in [0, 0.05) is 9.50 Å². The molecule has 0 radical (unpaired) electrons. The van der Waals surface area contributed by atoms with Gasteiger partial charge in [0.15, 0.2) is 0 Å². The summed E-state index contributed by atoms with van der Waals surface area (Å²) in [5.41, 5.74) is 1.59. The maximum absolute atomic E-state index is 13.4. The Bertz CT molecular complexity index is 1610. The predicted octanol–water partition coefficient (Wildman–Crippen LogP) is 6.38. The van der Waals surface area contributed by atoms with Crippen molar-refractivity contribution in [2.24, 2.45) is 0 Å². The lowest BCUT2D eigenvalue weighted by Gasteiger charge is -2.17. The first-order chi connectivity index (χ1) is 17.1. The Morgan fingerprint density at radius 2 is 1.39 bits per heavy atom. The molecule has 7 nitrogen and oxygen atoms in total. The van der Waals surface area contributed by atoms with Gasteiger partial charge in [0.25, 0.3) is 20.0 Å². The van der Waals surface area contributed by atoms with Crippen LogP contribution in [-0.2, 0) is 20.0 Å². The summed E-state index contributed by atoms with van der Waals surface area (Å²) in [6, 6.07) is 24.3. The van der Waals surface area contributed by atoms with Crippen molar-refractivity contribution in [2.45, 2.75) is 9.79 Å². The van der Waals surface area contributed by atoms with Crippen LogP contribution >= 0.6 is 27.5 Å². The fourth-order valence-corrected chi connectivity index (χ4v) is 6.39. The molecule has 2 N–H and O–H groups in total. The Labute approximate surface area is 223 Å². The molecule has 11 heteroatoms. The molecule has 0 heterocycles. The van der Waals surface area contributed by atoms with Crippen LogP contribution in [0.15, 0.2) is 105 Å². The molecule has 0 amide bonds. The number of hydrogen-bond donors (Lipinski definition) is 2. The van der Waals surface area contributed by atoms with Gasteiger partial charge in [0.2, 0.25) is 0 Å². The largest absolute Gasteiger partial charge is 0.495 e. The van der Waals surface area contributed by atoms with E-state index in [0.717, 1.165) is 5.56 Å². The van der Waals surface area contributed by atoms with Crippen molar-refractivity contribution in [3.63, 3.8) is 0 Å². The predicted molar refractivity (Wildman–Crippen MR) is 146 cm³/mol. The van der Waals surface area contributed by atoms with Gasteiger partial charge in [-0.1, -0.05) is 63.9 Å². The van der Waals surface area contributed by atoms with Crippen LogP contribution in [0.25, 0.3) is 11.1 Å². The van der Waals surface area contributed by atoms with E-state index in [-0.39, 0.29) is 26.9 Å². The van der Waals surface area contributed by atoms with Crippen LogP contribution in [0.3, 0.4) is 0 Å². The van der Waals surface area contributed by atoms with Gasteiger partial charge in [-0.05, 0) is 65.7 Å². The van der Waals surface area contributed by atoms with Gasteiger partial charge in [-0.2, -0.15) is 0 Å². The number of methoxy groups -OCH3 is 1. The molecule has 0 aliphatic heterocycles. The van der Waals surface area contributed by atoms with E-state index in [4.69, 9.17) is 16.3 Å². The van der Waals surface area contributed by atoms with Gasteiger partial charge in [-0.3, -0.25) is 9.44 Å². The van der Waals surface area contributed by atoms with E-state index in [1.807, 2.05) is 30.3 Å². The Morgan fingerprint density at radius 1 is 0.722 bits per heavy atom. The van der Waals surface area contributed by atoms with Gasteiger partial charge in [0.1, 0.15) is 10.6 Å². The number of sulfonamides is 2. The normalized spacial score (nSPS) is 11.6. The van der Waals surface area contributed by atoms with Crippen LogP contribution in [0.4, 0.5) is 11.4 Å². The number of halogens is 2. The Morgan fingerprint density at radius 3 is 2.06 bits per heavy atom. The minimum atomic E-state index is -4.18. The fraction of sp³-hybridized carbons (Fsp3) is 0.0400. The van der Waals surface area contributed by atoms with Crippen LogP contribution in [0.1, 0.15) is 0 Å². The molecule has 4 aromatic rings. The SMILES string of the molecule is COc1ccc(Br)cc1S(=O)(=O)Nc1cc(-c2ccccc2)ccc1NS(=O)(=O)c1ccc(Cl)cc1. The van der Waals surface area contributed by atoms with E-state index >= 15 is 0 Å². The molecule has 186 valence electrons. The summed E-state index contributed by atoms with van der Waals surface area (Å²) in [5, 5.41) is 0.387. The molecule has 36 heavy (non-hydrogen) atoms. The summed E-state index contributed by atoms with van der Waals surface area (Å²) in [6.45, 7) is 0. The van der Waals surface area contributed by atoms with Crippen molar-refractivity contribution in [1.29, 1.82) is 0 Å². The van der Waals surface area contributed by atoms with Crippen molar-refractivity contribution in [3.8, 4) is 16.9 Å². The summed E-state index contributed by atoms with van der Waals surface area (Å²) in [7, 11) is -6.86. The minimum absolute atomic E-state index is 0.0264. The zero-order valence-corrected chi connectivity index (χ0v) is 22.7. The molecule has 0 bridgehead atoms. The quantitative estimate of drug-likeness (QED) is 0.242. The van der Waals surface area contributed by atoms with E-state index in [1.54, 1.807) is 18.2 Å². The van der Waals surface area contributed by atoms with Crippen molar-refractivity contribution in [2.75, 3.05) is 16.6 Å². The lowest BCUT2D eigenvalue weighted by atomic mass is 10.0. The second kappa shape index (κ2) is 10.5. The molecule has 4 rings (SSSR count). The summed E-state index contributed by atoms with van der Waals surface area (Å²) in [6.07, 6.45) is 0. The van der Waals surface area contributed by atoms with Gasteiger partial charge < -0.3 is 4.74 Å². The lowest BCUT2D eigenvalue weighted by molar-refractivity contribution is 0.403. The van der Waals surface area contributed by atoms with Gasteiger partial charge in [0.05, 0.1) is 23.4 Å². The third-order valence-electron chi connectivity index (χ3n) is 5.15. The Balaban J connectivity index is 1.80. The first kappa shape index (κ1) is 26.0. The maximum Gasteiger partial charge on any atom is 0.265 e. The number of benzene rings is 4. The van der Waals surface area contributed by atoms with E-state index in [0.29, 0.717) is 15.1 Å². The van der Waals surface area contributed by atoms with Crippen molar-refractivity contribution in [3.05, 3.63) is 100 Å². The first-order valence-electron chi connectivity index (χ1n) is 10.4. The second-order valence-corrected chi connectivity index (χ2v) is 12.3. The van der Waals surface area contributed by atoms with Crippen LogP contribution in [0.5, 0.6) is 5.75 Å². The summed E-state index contributed by atoms with van der Waals surface area (Å²) in [4.78, 5) is -0.141. The average Bonchev–Trinajstić information content (AvgIpc) is 2.85. The molecule has 0 aliphatic carbocycles.